The highest BCUT2D eigenvalue weighted by Gasteiger charge is 2.40. The smallest absolute Gasteiger partial charge is 0.275 e. The van der Waals surface area contributed by atoms with Crippen LogP contribution >= 0.6 is 11.7 Å². The van der Waals surface area contributed by atoms with Crippen molar-refractivity contribution in [3.05, 3.63) is 11.9 Å². The number of likely N-dealkylation sites (N-methyl/N-ethyl adjacent to an activating group) is 1. The van der Waals surface area contributed by atoms with Gasteiger partial charge in [-0.25, -0.2) is 0 Å². The Bertz CT molecular complexity index is 590. The zero-order valence-corrected chi connectivity index (χ0v) is 15.9. The molecule has 0 spiro atoms. The van der Waals surface area contributed by atoms with Gasteiger partial charge in [-0.2, -0.15) is 8.75 Å². The van der Waals surface area contributed by atoms with Gasteiger partial charge in [0, 0.05) is 38.6 Å². The van der Waals surface area contributed by atoms with E-state index >= 15 is 0 Å². The third kappa shape index (κ3) is 4.00. The maximum atomic E-state index is 12.5. The van der Waals surface area contributed by atoms with Crippen LogP contribution in [-0.2, 0) is 4.79 Å². The van der Waals surface area contributed by atoms with Crippen LogP contribution in [0.15, 0.2) is 6.20 Å². The van der Waals surface area contributed by atoms with Crippen LogP contribution in [0, 0.1) is 5.92 Å². The van der Waals surface area contributed by atoms with Crippen LogP contribution in [0.3, 0.4) is 0 Å². The summed E-state index contributed by atoms with van der Waals surface area (Å²) in [6.07, 6.45) is 3.88. The molecule has 2 fully saturated rings. The summed E-state index contributed by atoms with van der Waals surface area (Å²) in [6, 6.07) is 0.273. The Labute approximate surface area is 153 Å². The minimum Gasteiger partial charge on any atom is -0.338 e. The molecule has 2 aliphatic heterocycles. The summed E-state index contributed by atoms with van der Waals surface area (Å²) in [5.74, 6) is 0.620. The molecule has 0 saturated carbocycles. The van der Waals surface area contributed by atoms with Crippen LogP contribution in [0.4, 0.5) is 0 Å². The normalized spacial score (nSPS) is 23.9. The first kappa shape index (κ1) is 18.3. The molecule has 0 unspecified atom stereocenters. The van der Waals surface area contributed by atoms with Gasteiger partial charge in [-0.3, -0.25) is 9.59 Å². The van der Waals surface area contributed by atoms with Gasteiger partial charge in [-0.15, -0.1) is 0 Å². The second-order valence-electron chi connectivity index (χ2n) is 6.81. The molecule has 8 heteroatoms. The Kier molecular flexibility index (Phi) is 6.01. The molecule has 3 rings (SSSR count). The van der Waals surface area contributed by atoms with E-state index in [1.807, 2.05) is 4.90 Å². The monoisotopic (exact) mass is 365 g/mol. The second-order valence-corrected chi connectivity index (χ2v) is 7.37. The van der Waals surface area contributed by atoms with Crippen molar-refractivity contribution in [3.63, 3.8) is 0 Å². The average Bonchev–Trinajstić information content (AvgIpc) is 3.17. The molecule has 0 bridgehead atoms. The minimum absolute atomic E-state index is 0.0289. The van der Waals surface area contributed by atoms with E-state index < -0.39 is 0 Å². The molecule has 25 heavy (non-hydrogen) atoms. The fourth-order valence-corrected chi connectivity index (χ4v) is 4.44. The van der Waals surface area contributed by atoms with Crippen molar-refractivity contribution < 1.29 is 9.59 Å². The van der Waals surface area contributed by atoms with Crippen LogP contribution < -0.4 is 0 Å². The van der Waals surface area contributed by atoms with E-state index in [-0.39, 0.29) is 17.9 Å². The zero-order chi connectivity index (χ0) is 17.8. The first-order valence-corrected chi connectivity index (χ1v) is 9.95. The topological polar surface area (TPSA) is 69.6 Å². The van der Waals surface area contributed by atoms with Crippen molar-refractivity contribution in [2.45, 2.75) is 39.2 Å². The molecule has 3 heterocycles. The number of amides is 2. The molecule has 1 aromatic rings. The fourth-order valence-electron chi connectivity index (χ4n) is 4.04. The number of likely N-dealkylation sites (tertiary alicyclic amines) is 2. The molecular formula is C17H27N5O2S. The molecule has 2 atom stereocenters. The van der Waals surface area contributed by atoms with Gasteiger partial charge in [0.1, 0.15) is 0 Å². The summed E-state index contributed by atoms with van der Waals surface area (Å²) in [5.41, 5.74) is 0.439. The third-order valence-corrected chi connectivity index (χ3v) is 6.04. The quantitative estimate of drug-likeness (QED) is 0.761. The lowest BCUT2D eigenvalue weighted by atomic mass is 9.83. The van der Waals surface area contributed by atoms with E-state index in [0.717, 1.165) is 57.3 Å². The molecular weight excluding hydrogens is 338 g/mol. The van der Waals surface area contributed by atoms with E-state index in [1.54, 1.807) is 6.20 Å². The maximum Gasteiger partial charge on any atom is 0.275 e. The van der Waals surface area contributed by atoms with Gasteiger partial charge in [0.05, 0.1) is 17.9 Å². The molecule has 0 N–H and O–H groups in total. The molecule has 0 aliphatic carbocycles. The van der Waals surface area contributed by atoms with E-state index in [1.165, 1.54) is 0 Å². The number of piperidine rings is 2. The lowest BCUT2D eigenvalue weighted by molar-refractivity contribution is -0.140. The Morgan fingerprint density at radius 2 is 2.16 bits per heavy atom. The SMILES string of the molecule is CCN(CC)CCN1C(=O)CC[C@@H]2CN(C(=O)c3cnsn3)CC[C@@H]21. The largest absolute Gasteiger partial charge is 0.338 e. The number of carbonyl (C=O) groups excluding carboxylic acids is 2. The second kappa shape index (κ2) is 8.23. The summed E-state index contributed by atoms with van der Waals surface area (Å²) in [7, 11) is 0. The van der Waals surface area contributed by atoms with Gasteiger partial charge < -0.3 is 14.7 Å². The highest BCUT2D eigenvalue weighted by Crippen LogP contribution is 2.31. The third-order valence-electron chi connectivity index (χ3n) is 5.56. The van der Waals surface area contributed by atoms with E-state index in [0.29, 0.717) is 24.6 Å². The number of rotatable bonds is 6. The average molecular weight is 366 g/mol. The predicted octanol–water partition coefficient (Wildman–Crippen LogP) is 1.33. The van der Waals surface area contributed by atoms with Crippen LogP contribution in [0.1, 0.15) is 43.6 Å². The van der Waals surface area contributed by atoms with Crippen LogP contribution in [0.5, 0.6) is 0 Å². The first-order chi connectivity index (χ1) is 12.1. The standard InChI is InChI=1S/C17H27N5O2S/c1-3-20(4-2)9-10-22-15-7-8-21(12-13(15)5-6-16(22)23)17(24)14-11-18-25-19-14/h11,13,15H,3-10,12H2,1-2H3/t13-,15+/m1/s1. The first-order valence-electron chi connectivity index (χ1n) is 9.22. The van der Waals surface area contributed by atoms with E-state index in [9.17, 15) is 9.59 Å². The Hall–Kier alpha value is -1.54. The van der Waals surface area contributed by atoms with Gasteiger partial charge in [-0.1, -0.05) is 13.8 Å². The highest BCUT2D eigenvalue weighted by atomic mass is 32.1. The van der Waals surface area contributed by atoms with Crippen molar-refractivity contribution in [1.29, 1.82) is 0 Å². The molecule has 138 valence electrons. The maximum absolute atomic E-state index is 12.5. The number of aromatic nitrogens is 2. The predicted molar refractivity (Wildman–Crippen MR) is 96.4 cm³/mol. The molecule has 2 amide bonds. The fraction of sp³-hybridized carbons (Fsp3) is 0.765. The Balaban J connectivity index is 1.62. The van der Waals surface area contributed by atoms with Gasteiger partial charge in [0.15, 0.2) is 5.69 Å². The number of fused-ring (bicyclic) bond motifs is 1. The summed E-state index contributed by atoms with van der Waals surface area (Å²) < 4.78 is 7.98. The highest BCUT2D eigenvalue weighted by molar-refractivity contribution is 6.99. The number of hydrogen-bond donors (Lipinski definition) is 0. The van der Waals surface area contributed by atoms with Gasteiger partial charge >= 0.3 is 0 Å². The molecule has 1 aromatic heterocycles. The minimum atomic E-state index is -0.0289. The van der Waals surface area contributed by atoms with Crippen LogP contribution in [0.2, 0.25) is 0 Å². The summed E-state index contributed by atoms with van der Waals surface area (Å²) in [5, 5.41) is 0. The van der Waals surface area contributed by atoms with Crippen molar-refractivity contribution in [3.8, 4) is 0 Å². The van der Waals surface area contributed by atoms with E-state index in [2.05, 4.69) is 32.4 Å². The molecule has 2 aliphatic rings. The molecule has 0 aromatic carbocycles. The van der Waals surface area contributed by atoms with Crippen molar-refractivity contribution in [2.24, 2.45) is 5.92 Å². The van der Waals surface area contributed by atoms with E-state index in [4.69, 9.17) is 0 Å². The number of hydrogen-bond acceptors (Lipinski definition) is 6. The Morgan fingerprint density at radius 3 is 2.84 bits per heavy atom. The molecule has 2 saturated heterocycles. The van der Waals surface area contributed by atoms with Gasteiger partial charge in [0.2, 0.25) is 5.91 Å². The lowest BCUT2D eigenvalue weighted by Gasteiger charge is -2.47. The van der Waals surface area contributed by atoms with Gasteiger partial charge in [-0.05, 0) is 31.8 Å². The van der Waals surface area contributed by atoms with Crippen LogP contribution in [0.25, 0.3) is 0 Å². The molecule has 0 radical (unpaired) electrons. The number of carbonyl (C=O) groups is 2. The van der Waals surface area contributed by atoms with Gasteiger partial charge in [0.25, 0.3) is 5.91 Å². The van der Waals surface area contributed by atoms with Crippen molar-refractivity contribution in [1.82, 2.24) is 23.4 Å². The number of nitrogens with zero attached hydrogens (tertiary/aromatic N) is 5. The summed E-state index contributed by atoms with van der Waals surface area (Å²) >= 11 is 1.06. The lowest BCUT2D eigenvalue weighted by Crippen LogP contribution is -2.58. The van der Waals surface area contributed by atoms with Crippen LogP contribution in [-0.4, -0.2) is 80.6 Å². The summed E-state index contributed by atoms with van der Waals surface area (Å²) in [6.45, 7) is 9.46. The molecule has 7 nitrogen and oxygen atoms in total. The van der Waals surface area contributed by atoms with Crippen molar-refractivity contribution >= 4 is 23.5 Å². The summed E-state index contributed by atoms with van der Waals surface area (Å²) in [4.78, 5) is 31.3. The Morgan fingerprint density at radius 1 is 1.36 bits per heavy atom. The zero-order valence-electron chi connectivity index (χ0n) is 15.1. The van der Waals surface area contributed by atoms with Crippen molar-refractivity contribution in [2.75, 3.05) is 39.3 Å².